The van der Waals surface area contributed by atoms with E-state index in [1.54, 1.807) is 12.1 Å². The van der Waals surface area contributed by atoms with E-state index in [9.17, 15) is 20.2 Å². The molecule has 0 bridgehead atoms. The summed E-state index contributed by atoms with van der Waals surface area (Å²) in [6.07, 6.45) is 0. The van der Waals surface area contributed by atoms with Gasteiger partial charge in [-0.2, -0.15) is 5.26 Å². The van der Waals surface area contributed by atoms with E-state index in [-0.39, 0.29) is 5.56 Å². The van der Waals surface area contributed by atoms with Crippen LogP contribution in [0.5, 0.6) is 0 Å². The van der Waals surface area contributed by atoms with Crippen LogP contribution in [0.3, 0.4) is 0 Å². The molecule has 10 heteroatoms. The van der Waals surface area contributed by atoms with Crippen LogP contribution < -0.4 is 5.56 Å². The van der Waals surface area contributed by atoms with Crippen LogP contribution in [-0.4, -0.2) is 19.7 Å². The van der Waals surface area contributed by atoms with E-state index in [1.165, 1.54) is 18.4 Å². The minimum Gasteiger partial charge on any atom is -0.358 e. The summed E-state index contributed by atoms with van der Waals surface area (Å²) in [6, 6.07) is 9.15. The van der Waals surface area contributed by atoms with Crippen molar-refractivity contribution >= 4 is 39.0 Å². The van der Waals surface area contributed by atoms with Crippen LogP contribution >= 0.6 is 22.9 Å². The van der Waals surface area contributed by atoms with Gasteiger partial charge in [-0.3, -0.25) is 4.79 Å². The molecule has 0 saturated heterocycles. The quantitative estimate of drug-likeness (QED) is 0.523. The molecule has 8 nitrogen and oxygen atoms in total. The van der Waals surface area contributed by atoms with Crippen LogP contribution in [-0.2, 0) is 7.05 Å². The Bertz CT molecular complexity index is 1040. The third kappa shape index (κ3) is 2.51. The number of thiazole rings is 1. The van der Waals surface area contributed by atoms with Crippen LogP contribution in [0.25, 0.3) is 10.2 Å². The molecule has 1 atom stereocenters. The first kappa shape index (κ1) is 16.0. The van der Waals surface area contributed by atoms with Gasteiger partial charge in [0.2, 0.25) is 0 Å². The van der Waals surface area contributed by atoms with Gasteiger partial charge < -0.3 is 10.1 Å². The predicted octanol–water partition coefficient (Wildman–Crippen LogP) is 2.61. The molecule has 0 aliphatic carbocycles. The predicted molar refractivity (Wildman–Crippen MR) is 88.2 cm³/mol. The molecule has 0 radical (unpaired) electrons. The summed E-state index contributed by atoms with van der Waals surface area (Å²) in [7, 11) is 1.25. The zero-order valence-electron chi connectivity index (χ0n) is 12.1. The molecule has 3 rings (SSSR count). The average molecular weight is 362 g/mol. The van der Waals surface area contributed by atoms with E-state index in [0.717, 1.165) is 9.38 Å². The van der Waals surface area contributed by atoms with Gasteiger partial charge in [0.25, 0.3) is 0 Å². The lowest BCUT2D eigenvalue weighted by Gasteiger charge is -2.08. The zero-order valence-corrected chi connectivity index (χ0v) is 13.7. The summed E-state index contributed by atoms with van der Waals surface area (Å²) in [5.41, 5.74) is -0.279. The molecule has 120 valence electrons. The highest BCUT2D eigenvalue weighted by Crippen LogP contribution is 2.37. The summed E-state index contributed by atoms with van der Waals surface area (Å²) in [5.74, 6) is -1.79. The standard InChI is InChI=1S/C14H8ClN5O3S/c1-19-14(21)11(15)10(12(18-19)20(22)23)7(6-16)13-17-8-4-2-3-5-9(8)24-13/h2-5,7H,1H3. The number of hydrogen-bond acceptors (Lipinski definition) is 7. The number of nitriles is 1. The van der Waals surface area contributed by atoms with Crippen molar-refractivity contribution in [3.63, 3.8) is 0 Å². The molecule has 0 amide bonds. The SMILES string of the molecule is Cn1nc([N+](=O)[O-])c(C(C#N)c2nc3ccccc3s2)c(Cl)c1=O. The number of aryl methyl sites for hydroxylation is 1. The van der Waals surface area contributed by atoms with Gasteiger partial charge in [-0.25, -0.2) is 4.98 Å². The van der Waals surface area contributed by atoms with Gasteiger partial charge in [0.05, 0.1) is 28.4 Å². The second-order valence-electron chi connectivity index (χ2n) is 4.82. The molecule has 0 spiro atoms. The second-order valence-corrected chi connectivity index (χ2v) is 6.26. The van der Waals surface area contributed by atoms with Crippen LogP contribution in [0.4, 0.5) is 5.82 Å². The number of fused-ring (bicyclic) bond motifs is 1. The fraction of sp³-hybridized carbons (Fsp3) is 0.143. The maximum atomic E-state index is 12.0. The zero-order chi connectivity index (χ0) is 17.4. The summed E-state index contributed by atoms with van der Waals surface area (Å²) >= 11 is 7.23. The number of hydrogen-bond donors (Lipinski definition) is 0. The lowest BCUT2D eigenvalue weighted by Crippen LogP contribution is -2.24. The molecule has 24 heavy (non-hydrogen) atoms. The monoisotopic (exact) mass is 361 g/mol. The summed E-state index contributed by atoms with van der Waals surface area (Å²) in [4.78, 5) is 26.9. The maximum Gasteiger partial charge on any atom is 0.395 e. The Morgan fingerprint density at radius 1 is 1.46 bits per heavy atom. The van der Waals surface area contributed by atoms with Gasteiger partial charge in [0, 0.05) is 0 Å². The first-order valence-electron chi connectivity index (χ1n) is 6.60. The molecule has 2 aromatic heterocycles. The van der Waals surface area contributed by atoms with Crippen molar-refractivity contribution in [2.45, 2.75) is 5.92 Å². The Kier molecular flexibility index (Phi) is 4.01. The third-order valence-corrected chi connectivity index (χ3v) is 4.82. The summed E-state index contributed by atoms with van der Waals surface area (Å²) in [6.45, 7) is 0. The third-order valence-electron chi connectivity index (χ3n) is 3.35. The van der Waals surface area contributed by atoms with Crippen molar-refractivity contribution < 1.29 is 4.92 Å². The van der Waals surface area contributed by atoms with Crippen molar-refractivity contribution in [3.05, 3.63) is 60.3 Å². The van der Waals surface area contributed by atoms with Gasteiger partial charge >= 0.3 is 11.4 Å². The van der Waals surface area contributed by atoms with Gasteiger partial charge in [-0.1, -0.05) is 23.7 Å². The van der Waals surface area contributed by atoms with E-state index in [1.807, 2.05) is 18.2 Å². The number of aromatic nitrogens is 3. The number of halogens is 1. The Balaban J connectivity index is 2.29. The number of para-hydroxylation sites is 1. The average Bonchev–Trinajstić information content (AvgIpc) is 2.98. The van der Waals surface area contributed by atoms with Crippen LogP contribution in [0.1, 0.15) is 16.5 Å². The lowest BCUT2D eigenvalue weighted by atomic mass is 10.0. The number of rotatable bonds is 3. The lowest BCUT2D eigenvalue weighted by molar-refractivity contribution is -0.391. The maximum absolute atomic E-state index is 12.0. The fourth-order valence-electron chi connectivity index (χ4n) is 2.24. The summed E-state index contributed by atoms with van der Waals surface area (Å²) in [5, 5.41) is 24.4. The molecule has 0 aliphatic rings. The highest BCUT2D eigenvalue weighted by atomic mass is 35.5. The molecular weight excluding hydrogens is 354 g/mol. The van der Waals surface area contributed by atoms with E-state index in [0.29, 0.717) is 10.5 Å². The van der Waals surface area contributed by atoms with Crippen LogP contribution in [0, 0.1) is 21.4 Å². The number of nitro groups is 1. The van der Waals surface area contributed by atoms with Crippen molar-refractivity contribution in [1.29, 1.82) is 5.26 Å². The molecule has 0 saturated carbocycles. The molecule has 0 fully saturated rings. The molecule has 1 unspecified atom stereocenters. The van der Waals surface area contributed by atoms with Crippen molar-refractivity contribution in [1.82, 2.24) is 14.8 Å². The highest BCUT2D eigenvalue weighted by molar-refractivity contribution is 7.18. The van der Waals surface area contributed by atoms with E-state index in [2.05, 4.69) is 10.1 Å². The van der Waals surface area contributed by atoms with Crippen molar-refractivity contribution in [2.75, 3.05) is 0 Å². The molecule has 3 aromatic rings. The van der Waals surface area contributed by atoms with Crippen LogP contribution in [0.15, 0.2) is 29.1 Å². The summed E-state index contributed by atoms with van der Waals surface area (Å²) < 4.78 is 1.60. The fourth-order valence-corrected chi connectivity index (χ4v) is 3.58. The van der Waals surface area contributed by atoms with E-state index >= 15 is 0 Å². The minimum absolute atomic E-state index is 0.230. The normalized spacial score (nSPS) is 12.0. The number of nitrogens with zero attached hydrogens (tertiary/aromatic N) is 5. The second kappa shape index (κ2) is 5.99. The molecule has 1 aromatic carbocycles. The van der Waals surface area contributed by atoms with Gasteiger partial charge in [-0.15, -0.1) is 16.0 Å². The topological polar surface area (TPSA) is 115 Å². The van der Waals surface area contributed by atoms with Crippen molar-refractivity contribution in [3.8, 4) is 6.07 Å². The van der Waals surface area contributed by atoms with Gasteiger partial charge in [-0.05, 0) is 17.1 Å². The Morgan fingerprint density at radius 3 is 2.79 bits per heavy atom. The molecular formula is C14H8ClN5O3S. The Labute approximate surface area is 143 Å². The minimum atomic E-state index is -1.16. The highest BCUT2D eigenvalue weighted by Gasteiger charge is 2.33. The van der Waals surface area contributed by atoms with Crippen LogP contribution in [0.2, 0.25) is 5.02 Å². The van der Waals surface area contributed by atoms with E-state index < -0.39 is 27.2 Å². The van der Waals surface area contributed by atoms with Gasteiger partial charge in [0.1, 0.15) is 21.5 Å². The Hall–Kier alpha value is -2.83. The Morgan fingerprint density at radius 2 is 2.17 bits per heavy atom. The van der Waals surface area contributed by atoms with Crippen molar-refractivity contribution in [2.24, 2.45) is 7.05 Å². The molecule has 2 heterocycles. The van der Waals surface area contributed by atoms with Gasteiger partial charge in [0.15, 0.2) is 0 Å². The molecule has 0 N–H and O–H groups in total. The molecule has 0 aliphatic heterocycles. The number of benzene rings is 1. The first-order chi connectivity index (χ1) is 11.4. The smallest absolute Gasteiger partial charge is 0.358 e. The largest absolute Gasteiger partial charge is 0.395 e. The first-order valence-corrected chi connectivity index (χ1v) is 7.79. The van der Waals surface area contributed by atoms with E-state index in [4.69, 9.17) is 11.6 Å².